The second-order valence-corrected chi connectivity index (χ2v) is 6.27. The molecule has 0 spiro atoms. The number of aromatic nitrogens is 2. The van der Waals surface area contributed by atoms with Crippen LogP contribution in [0.4, 0.5) is 0 Å². The number of rotatable bonds is 3. The molecule has 1 aromatic rings. The Morgan fingerprint density at radius 2 is 2.06 bits per heavy atom. The van der Waals surface area contributed by atoms with E-state index < -0.39 is 21.3 Å². The number of H-pyrrole nitrogens is 1. The van der Waals surface area contributed by atoms with Crippen LogP contribution < -0.4 is 11.4 Å². The number of nitrogens with one attached hydrogen (secondary N) is 1. The van der Waals surface area contributed by atoms with Crippen LogP contribution in [0.5, 0.6) is 0 Å². The fourth-order valence-corrected chi connectivity index (χ4v) is 1.86. The third kappa shape index (κ3) is 3.40. The molecule has 1 unspecified atom stereocenters. The van der Waals surface area contributed by atoms with Crippen molar-refractivity contribution in [1.29, 1.82) is 0 Å². The van der Waals surface area contributed by atoms with Crippen LogP contribution in [-0.4, -0.2) is 19.3 Å². The number of nitrogens with zero attached hydrogens (tertiary/aromatic N) is 1. The van der Waals surface area contributed by atoms with Crippen molar-refractivity contribution < 1.29 is 4.79 Å². The predicted molar refractivity (Wildman–Crippen MR) is 67.7 cm³/mol. The van der Waals surface area contributed by atoms with Gasteiger partial charge in [0.15, 0.2) is 0 Å². The summed E-state index contributed by atoms with van der Waals surface area (Å²) in [7, 11) is 0. The number of amides is 1. The van der Waals surface area contributed by atoms with Gasteiger partial charge in [0.05, 0.1) is 18.2 Å². The molecule has 1 rings (SSSR count). The highest BCUT2D eigenvalue weighted by molar-refractivity contribution is 6.67. The number of carbonyl (C=O) groups is 1. The summed E-state index contributed by atoms with van der Waals surface area (Å²) in [5, 5.41) is 0. The number of carbonyl (C=O) groups excluding carboxylic acids is 1. The average Bonchev–Trinajstić information content (AvgIpc) is 2.42. The number of alkyl halides is 3. The first-order valence-electron chi connectivity index (χ1n) is 4.79. The van der Waals surface area contributed by atoms with Crippen molar-refractivity contribution in [3.05, 3.63) is 21.9 Å². The van der Waals surface area contributed by atoms with Crippen LogP contribution in [0.15, 0.2) is 4.79 Å². The van der Waals surface area contributed by atoms with Gasteiger partial charge in [-0.2, -0.15) is 0 Å². The lowest BCUT2D eigenvalue weighted by Crippen LogP contribution is -2.25. The van der Waals surface area contributed by atoms with Crippen molar-refractivity contribution in [2.75, 3.05) is 0 Å². The lowest BCUT2D eigenvalue weighted by atomic mass is 10.1. The third-order valence-electron chi connectivity index (χ3n) is 2.48. The second-order valence-electron chi connectivity index (χ2n) is 3.75. The highest BCUT2D eigenvalue weighted by atomic mass is 35.6. The van der Waals surface area contributed by atoms with Crippen molar-refractivity contribution in [2.24, 2.45) is 5.73 Å². The van der Waals surface area contributed by atoms with E-state index in [0.29, 0.717) is 11.4 Å². The van der Waals surface area contributed by atoms with E-state index in [1.807, 2.05) is 0 Å². The second kappa shape index (κ2) is 4.92. The molecule has 0 saturated carbocycles. The Balaban J connectivity index is 3.19. The van der Waals surface area contributed by atoms with Gasteiger partial charge in [-0.3, -0.25) is 9.36 Å². The van der Waals surface area contributed by atoms with E-state index in [4.69, 9.17) is 40.5 Å². The standard InChI is InChI=1S/C9H12Cl3N3O2/c1-4(7(13)16)6-5(2)15(8(17)14-6)3-9(10,11)12/h4H,3H2,1-2H3,(H2,13,16)(H,14,17). The molecule has 17 heavy (non-hydrogen) atoms. The summed E-state index contributed by atoms with van der Waals surface area (Å²) < 4.78 is -0.314. The predicted octanol–water partition coefficient (Wildman–Crippen LogP) is 1.44. The van der Waals surface area contributed by atoms with Gasteiger partial charge in [-0.1, -0.05) is 34.8 Å². The van der Waals surface area contributed by atoms with Crippen molar-refractivity contribution in [1.82, 2.24) is 9.55 Å². The first kappa shape index (κ1) is 14.4. The lowest BCUT2D eigenvalue weighted by Gasteiger charge is -2.13. The highest BCUT2D eigenvalue weighted by Crippen LogP contribution is 2.28. The Morgan fingerprint density at radius 1 is 1.53 bits per heavy atom. The Morgan fingerprint density at radius 3 is 2.47 bits per heavy atom. The number of imidazole rings is 1. The summed E-state index contributed by atoms with van der Waals surface area (Å²) in [6, 6.07) is 0. The van der Waals surface area contributed by atoms with Crippen LogP contribution in [-0.2, 0) is 11.3 Å². The van der Waals surface area contributed by atoms with Crippen LogP contribution in [0, 0.1) is 6.92 Å². The summed E-state index contributed by atoms with van der Waals surface area (Å²) in [5.74, 6) is -1.13. The Kier molecular flexibility index (Phi) is 4.17. The summed E-state index contributed by atoms with van der Waals surface area (Å²) in [4.78, 5) is 25.3. The minimum atomic E-state index is -1.58. The molecule has 0 bridgehead atoms. The van der Waals surface area contributed by atoms with E-state index in [1.54, 1.807) is 13.8 Å². The molecule has 0 saturated heterocycles. The van der Waals surface area contributed by atoms with E-state index >= 15 is 0 Å². The average molecular weight is 301 g/mol. The Hall–Kier alpha value is -0.650. The molecule has 0 fully saturated rings. The number of hydrogen-bond acceptors (Lipinski definition) is 2. The molecular weight excluding hydrogens is 288 g/mol. The van der Waals surface area contributed by atoms with Gasteiger partial charge in [0.2, 0.25) is 9.70 Å². The molecule has 0 aliphatic rings. The van der Waals surface area contributed by atoms with Crippen molar-refractivity contribution in [2.45, 2.75) is 30.1 Å². The van der Waals surface area contributed by atoms with Crippen molar-refractivity contribution in [3.8, 4) is 0 Å². The van der Waals surface area contributed by atoms with Gasteiger partial charge < -0.3 is 10.7 Å². The topological polar surface area (TPSA) is 80.9 Å². The monoisotopic (exact) mass is 299 g/mol. The third-order valence-corrected chi connectivity index (χ3v) is 2.84. The Bertz CT molecular complexity index is 487. The van der Waals surface area contributed by atoms with Crippen LogP contribution in [0.2, 0.25) is 0 Å². The largest absolute Gasteiger partial charge is 0.369 e. The molecule has 1 aromatic heterocycles. The van der Waals surface area contributed by atoms with Gasteiger partial charge in [0.25, 0.3) is 0 Å². The van der Waals surface area contributed by atoms with Crippen LogP contribution in [0.1, 0.15) is 24.2 Å². The summed E-state index contributed by atoms with van der Waals surface area (Å²) in [6.45, 7) is 3.16. The Labute approximate surface area is 113 Å². The quantitative estimate of drug-likeness (QED) is 0.828. The number of aromatic amines is 1. The SMILES string of the molecule is Cc1c(C(C)C(N)=O)[nH]c(=O)n1CC(Cl)(Cl)Cl. The number of hydrogen-bond donors (Lipinski definition) is 2. The normalized spacial score (nSPS) is 13.7. The summed E-state index contributed by atoms with van der Waals surface area (Å²) in [5.41, 5.74) is 5.72. The first-order chi connectivity index (χ1) is 7.63. The molecule has 1 amide bonds. The highest BCUT2D eigenvalue weighted by Gasteiger charge is 2.26. The van der Waals surface area contributed by atoms with Gasteiger partial charge in [-0.25, -0.2) is 4.79 Å². The maximum atomic E-state index is 11.6. The van der Waals surface area contributed by atoms with Gasteiger partial charge in [0.1, 0.15) is 0 Å². The number of halogens is 3. The molecule has 0 radical (unpaired) electrons. The molecule has 1 heterocycles. The van der Waals surface area contributed by atoms with E-state index in [2.05, 4.69) is 4.98 Å². The molecule has 8 heteroatoms. The van der Waals surface area contributed by atoms with Gasteiger partial charge >= 0.3 is 5.69 Å². The van der Waals surface area contributed by atoms with Crippen LogP contribution >= 0.6 is 34.8 Å². The van der Waals surface area contributed by atoms with Crippen LogP contribution in [0.25, 0.3) is 0 Å². The first-order valence-corrected chi connectivity index (χ1v) is 5.92. The summed E-state index contributed by atoms with van der Waals surface area (Å²) >= 11 is 16.9. The fourth-order valence-electron chi connectivity index (χ4n) is 1.50. The van der Waals surface area contributed by atoms with E-state index in [9.17, 15) is 9.59 Å². The zero-order chi connectivity index (χ0) is 13.4. The molecule has 5 nitrogen and oxygen atoms in total. The zero-order valence-corrected chi connectivity index (χ0v) is 11.5. The maximum Gasteiger partial charge on any atom is 0.326 e. The summed E-state index contributed by atoms with van der Waals surface area (Å²) in [6.07, 6.45) is 0. The molecule has 0 aromatic carbocycles. The zero-order valence-electron chi connectivity index (χ0n) is 9.26. The molecule has 3 N–H and O–H groups in total. The minimum Gasteiger partial charge on any atom is -0.369 e. The minimum absolute atomic E-state index is 0.0929. The van der Waals surface area contributed by atoms with Crippen molar-refractivity contribution >= 4 is 40.7 Å². The van der Waals surface area contributed by atoms with E-state index in [1.165, 1.54) is 4.57 Å². The molecule has 1 atom stereocenters. The van der Waals surface area contributed by atoms with Crippen LogP contribution in [0.3, 0.4) is 0 Å². The molecule has 0 aliphatic heterocycles. The van der Waals surface area contributed by atoms with Gasteiger partial charge in [0, 0.05) is 5.69 Å². The van der Waals surface area contributed by atoms with Gasteiger partial charge in [-0.15, -0.1) is 0 Å². The van der Waals surface area contributed by atoms with Gasteiger partial charge in [-0.05, 0) is 13.8 Å². The maximum absolute atomic E-state index is 11.6. The van der Waals surface area contributed by atoms with E-state index in [0.717, 1.165) is 0 Å². The smallest absolute Gasteiger partial charge is 0.326 e. The van der Waals surface area contributed by atoms with E-state index in [-0.39, 0.29) is 6.54 Å². The molecule has 96 valence electrons. The fraction of sp³-hybridized carbons (Fsp3) is 0.556. The van der Waals surface area contributed by atoms with Crippen molar-refractivity contribution in [3.63, 3.8) is 0 Å². The lowest BCUT2D eigenvalue weighted by molar-refractivity contribution is -0.119. The molecule has 0 aliphatic carbocycles. The number of nitrogens with two attached hydrogens (primary N) is 1. The number of primary amides is 1. The molecular formula is C9H12Cl3N3O2.